The van der Waals surface area contributed by atoms with Gasteiger partial charge in [-0.05, 0) is 26.3 Å². The predicted molar refractivity (Wildman–Crippen MR) is 46.7 cm³/mol. The fourth-order valence-corrected chi connectivity index (χ4v) is 0.535. The van der Waals surface area contributed by atoms with Crippen LogP contribution in [-0.2, 0) is 4.79 Å². The van der Waals surface area contributed by atoms with Crippen LogP contribution in [0.25, 0.3) is 0 Å². The summed E-state index contributed by atoms with van der Waals surface area (Å²) in [6, 6.07) is 0. The predicted octanol–water partition coefficient (Wildman–Crippen LogP) is 1.34. The lowest BCUT2D eigenvalue weighted by molar-refractivity contribution is -0.143. The van der Waals surface area contributed by atoms with Gasteiger partial charge < -0.3 is 10.4 Å². The molecule has 0 saturated carbocycles. The first-order valence-corrected chi connectivity index (χ1v) is 3.84. The lowest BCUT2D eigenvalue weighted by atomic mass is 10.1. The first-order valence-electron chi connectivity index (χ1n) is 3.84. The summed E-state index contributed by atoms with van der Waals surface area (Å²) in [4.78, 5) is 10.6. The fourth-order valence-electron chi connectivity index (χ4n) is 0.535. The Balaban J connectivity index is 0. The standard InChI is InChI=1S/C8H17NO2.H2/c1-6(2)5-9-8(3,4)7(10)11;/h6,9H,5H2,1-4H3,(H,10,11);1H. The molecule has 2 N–H and O–H groups in total. The maximum atomic E-state index is 10.6. The number of hydrogen-bond donors (Lipinski definition) is 2. The van der Waals surface area contributed by atoms with Crippen LogP contribution in [0.2, 0.25) is 0 Å². The molecule has 3 nitrogen and oxygen atoms in total. The summed E-state index contributed by atoms with van der Waals surface area (Å²) in [6.45, 7) is 8.16. The van der Waals surface area contributed by atoms with Crippen LogP contribution >= 0.6 is 0 Å². The molecule has 0 bridgehead atoms. The minimum absolute atomic E-state index is 0. The molecule has 0 unspecified atom stereocenters. The maximum Gasteiger partial charge on any atom is 0.323 e. The van der Waals surface area contributed by atoms with Crippen molar-refractivity contribution in [1.29, 1.82) is 0 Å². The largest absolute Gasteiger partial charge is 0.480 e. The molecule has 0 radical (unpaired) electrons. The lowest BCUT2D eigenvalue weighted by Crippen LogP contribution is -2.47. The Morgan fingerprint density at radius 3 is 2.36 bits per heavy atom. The SMILES string of the molecule is CC(C)CNC(C)(C)C(=O)O.[HH]. The summed E-state index contributed by atoms with van der Waals surface area (Å²) in [5.41, 5.74) is -0.801. The Morgan fingerprint density at radius 1 is 1.64 bits per heavy atom. The van der Waals surface area contributed by atoms with E-state index in [4.69, 9.17) is 5.11 Å². The van der Waals surface area contributed by atoms with E-state index in [-0.39, 0.29) is 1.43 Å². The van der Waals surface area contributed by atoms with Gasteiger partial charge in [-0.25, -0.2) is 0 Å². The van der Waals surface area contributed by atoms with Crippen LogP contribution in [-0.4, -0.2) is 23.2 Å². The highest BCUT2D eigenvalue weighted by atomic mass is 16.4. The maximum absolute atomic E-state index is 10.6. The van der Waals surface area contributed by atoms with Crippen LogP contribution < -0.4 is 5.32 Å². The molecule has 0 aromatic carbocycles. The summed E-state index contributed by atoms with van der Waals surface area (Å²) in [5.74, 6) is -0.327. The van der Waals surface area contributed by atoms with Crippen LogP contribution in [0.5, 0.6) is 0 Å². The van der Waals surface area contributed by atoms with Crippen molar-refractivity contribution in [2.24, 2.45) is 5.92 Å². The monoisotopic (exact) mass is 161 g/mol. The minimum atomic E-state index is -0.807. The molecule has 0 amide bonds. The van der Waals surface area contributed by atoms with Crippen molar-refractivity contribution in [3.63, 3.8) is 0 Å². The molecule has 0 rings (SSSR count). The molecule has 0 fully saturated rings. The third-order valence-corrected chi connectivity index (χ3v) is 1.49. The van der Waals surface area contributed by atoms with Gasteiger partial charge in [-0.1, -0.05) is 13.8 Å². The number of rotatable bonds is 4. The van der Waals surface area contributed by atoms with Gasteiger partial charge in [0, 0.05) is 1.43 Å². The Hall–Kier alpha value is -0.570. The molecule has 0 spiro atoms. The third-order valence-electron chi connectivity index (χ3n) is 1.49. The average molecular weight is 161 g/mol. The summed E-state index contributed by atoms with van der Waals surface area (Å²) in [6.07, 6.45) is 0. The van der Waals surface area contributed by atoms with Crippen molar-refractivity contribution in [3.05, 3.63) is 0 Å². The van der Waals surface area contributed by atoms with Gasteiger partial charge >= 0.3 is 5.97 Å². The highest BCUT2D eigenvalue weighted by Crippen LogP contribution is 2.02. The van der Waals surface area contributed by atoms with Crippen LogP contribution in [0.1, 0.15) is 29.1 Å². The van der Waals surface area contributed by atoms with E-state index >= 15 is 0 Å². The number of carboxylic acid groups (broad SMARTS) is 1. The Labute approximate surface area is 69.3 Å². The van der Waals surface area contributed by atoms with Gasteiger partial charge in [0.1, 0.15) is 5.54 Å². The zero-order valence-corrected chi connectivity index (χ0v) is 7.64. The van der Waals surface area contributed by atoms with Gasteiger partial charge in [0.2, 0.25) is 0 Å². The van der Waals surface area contributed by atoms with Gasteiger partial charge in [0.25, 0.3) is 0 Å². The molecule has 0 atom stereocenters. The topological polar surface area (TPSA) is 49.3 Å². The number of nitrogens with one attached hydrogen (secondary N) is 1. The molecule has 68 valence electrons. The normalized spacial score (nSPS) is 12.1. The van der Waals surface area contributed by atoms with E-state index in [1.807, 2.05) is 13.8 Å². The number of carboxylic acids is 1. The summed E-state index contributed by atoms with van der Waals surface area (Å²) >= 11 is 0. The molecule has 0 aliphatic rings. The second-order valence-corrected chi connectivity index (χ2v) is 3.70. The van der Waals surface area contributed by atoms with Crippen molar-refractivity contribution in [2.75, 3.05) is 6.54 Å². The Kier molecular flexibility index (Phi) is 3.52. The van der Waals surface area contributed by atoms with E-state index in [1.165, 1.54) is 0 Å². The van der Waals surface area contributed by atoms with Gasteiger partial charge in [0.15, 0.2) is 0 Å². The fraction of sp³-hybridized carbons (Fsp3) is 0.875. The van der Waals surface area contributed by atoms with Gasteiger partial charge in [-0.15, -0.1) is 0 Å². The van der Waals surface area contributed by atoms with Crippen LogP contribution in [0, 0.1) is 5.92 Å². The molecule has 0 aliphatic heterocycles. The molecule has 0 heterocycles. The highest BCUT2D eigenvalue weighted by Gasteiger charge is 2.25. The minimum Gasteiger partial charge on any atom is -0.480 e. The highest BCUT2D eigenvalue weighted by molar-refractivity contribution is 5.77. The molecular formula is C8H19NO2. The Bertz CT molecular complexity index is 146. The van der Waals surface area contributed by atoms with E-state index in [2.05, 4.69) is 5.32 Å². The summed E-state index contributed by atoms with van der Waals surface area (Å²) in [7, 11) is 0. The van der Waals surface area contributed by atoms with E-state index in [9.17, 15) is 4.79 Å². The Morgan fingerprint density at radius 2 is 2.09 bits per heavy atom. The lowest BCUT2D eigenvalue weighted by Gasteiger charge is -2.22. The van der Waals surface area contributed by atoms with E-state index < -0.39 is 11.5 Å². The summed E-state index contributed by atoms with van der Waals surface area (Å²) < 4.78 is 0. The van der Waals surface area contributed by atoms with Gasteiger partial charge in [-0.3, -0.25) is 4.79 Å². The van der Waals surface area contributed by atoms with Crippen LogP contribution in [0.4, 0.5) is 0 Å². The zero-order chi connectivity index (χ0) is 9.07. The quantitative estimate of drug-likeness (QED) is 0.654. The van der Waals surface area contributed by atoms with E-state index in [0.29, 0.717) is 5.92 Å². The van der Waals surface area contributed by atoms with E-state index in [1.54, 1.807) is 13.8 Å². The molecule has 3 heteroatoms. The van der Waals surface area contributed by atoms with Crippen molar-refractivity contribution in [1.82, 2.24) is 5.32 Å². The van der Waals surface area contributed by atoms with Crippen molar-refractivity contribution < 1.29 is 11.3 Å². The van der Waals surface area contributed by atoms with Crippen molar-refractivity contribution in [2.45, 2.75) is 33.2 Å². The van der Waals surface area contributed by atoms with Crippen molar-refractivity contribution >= 4 is 5.97 Å². The first kappa shape index (κ1) is 10.4. The summed E-state index contributed by atoms with van der Waals surface area (Å²) in [5, 5.41) is 11.6. The van der Waals surface area contributed by atoms with Crippen LogP contribution in [0.3, 0.4) is 0 Å². The van der Waals surface area contributed by atoms with Crippen LogP contribution in [0.15, 0.2) is 0 Å². The molecular weight excluding hydrogens is 142 g/mol. The van der Waals surface area contributed by atoms with Gasteiger partial charge in [0.05, 0.1) is 0 Å². The molecule has 0 aromatic rings. The molecule has 0 aromatic heterocycles. The first-order chi connectivity index (χ1) is 4.86. The number of aliphatic carboxylic acids is 1. The molecule has 0 saturated heterocycles. The van der Waals surface area contributed by atoms with Gasteiger partial charge in [-0.2, -0.15) is 0 Å². The van der Waals surface area contributed by atoms with Crippen molar-refractivity contribution in [3.8, 4) is 0 Å². The number of carbonyl (C=O) groups is 1. The number of hydrogen-bond acceptors (Lipinski definition) is 2. The molecule has 0 aliphatic carbocycles. The second kappa shape index (κ2) is 3.72. The van der Waals surface area contributed by atoms with E-state index in [0.717, 1.165) is 6.54 Å². The third kappa shape index (κ3) is 3.98. The zero-order valence-electron chi connectivity index (χ0n) is 7.64. The average Bonchev–Trinajstić information content (AvgIpc) is 1.84. The smallest absolute Gasteiger partial charge is 0.323 e. The second-order valence-electron chi connectivity index (χ2n) is 3.70. The molecule has 11 heavy (non-hydrogen) atoms.